The number of carbonyl (C=O) groups excluding carboxylic acids is 3. The predicted octanol–water partition coefficient (Wildman–Crippen LogP) is 3.96. The number of hydrogen-bond acceptors (Lipinski definition) is 5. The molecule has 2 amide bonds. The van der Waals surface area contributed by atoms with Crippen LogP contribution in [0, 0.1) is 6.92 Å². The van der Waals surface area contributed by atoms with Crippen molar-refractivity contribution in [2.45, 2.75) is 6.92 Å². The summed E-state index contributed by atoms with van der Waals surface area (Å²) < 4.78 is 5.36. The molecular formula is C23H18ClN3O4. The highest BCUT2D eigenvalue weighted by Gasteiger charge is 2.14. The number of anilines is 1. The van der Waals surface area contributed by atoms with E-state index in [1.165, 1.54) is 6.21 Å². The highest BCUT2D eigenvalue weighted by Crippen LogP contribution is 2.20. The van der Waals surface area contributed by atoms with Gasteiger partial charge in [0.05, 0.1) is 22.5 Å². The number of halogens is 1. The molecule has 0 saturated heterocycles. The van der Waals surface area contributed by atoms with E-state index in [-0.39, 0.29) is 0 Å². The standard InChI is InChI=1S/C23H18ClN3O4/c1-15-9-11-17(12-10-15)23(30)31-18-6-4-5-16(13-18)14-25-27-22(29)21(28)26-20-8-3-2-7-19(20)24/h2-14H,1H3,(H,26,28)(H,27,29)/b25-14+. The van der Waals surface area contributed by atoms with Gasteiger partial charge in [-0.25, -0.2) is 10.2 Å². The third-order valence-corrected chi connectivity index (χ3v) is 4.39. The number of carbonyl (C=O) groups is 3. The number of esters is 1. The van der Waals surface area contributed by atoms with Crippen molar-refractivity contribution >= 4 is 41.3 Å². The molecule has 0 bridgehead atoms. The van der Waals surface area contributed by atoms with Crippen LogP contribution in [0.2, 0.25) is 5.02 Å². The molecule has 3 aromatic carbocycles. The summed E-state index contributed by atoms with van der Waals surface area (Å²) >= 11 is 5.94. The molecule has 3 aromatic rings. The fourth-order valence-corrected chi connectivity index (χ4v) is 2.65. The van der Waals surface area contributed by atoms with E-state index in [0.717, 1.165) is 5.56 Å². The zero-order chi connectivity index (χ0) is 22.2. The van der Waals surface area contributed by atoms with Gasteiger partial charge in [-0.15, -0.1) is 0 Å². The van der Waals surface area contributed by atoms with Gasteiger partial charge in [-0.1, -0.05) is 53.6 Å². The fourth-order valence-electron chi connectivity index (χ4n) is 2.47. The number of hydrazone groups is 1. The Bertz CT molecular complexity index is 1140. The molecule has 0 spiro atoms. The summed E-state index contributed by atoms with van der Waals surface area (Å²) in [6, 6.07) is 20.1. The number of benzene rings is 3. The largest absolute Gasteiger partial charge is 0.423 e. The smallest absolute Gasteiger partial charge is 0.343 e. The average Bonchev–Trinajstić information content (AvgIpc) is 2.76. The minimum Gasteiger partial charge on any atom is -0.423 e. The van der Waals surface area contributed by atoms with Gasteiger partial charge in [-0.2, -0.15) is 5.10 Å². The summed E-state index contributed by atoms with van der Waals surface area (Å²) in [5, 5.41) is 6.46. The zero-order valence-corrected chi connectivity index (χ0v) is 17.2. The van der Waals surface area contributed by atoms with Crippen molar-refractivity contribution in [1.29, 1.82) is 0 Å². The number of rotatable bonds is 5. The summed E-state index contributed by atoms with van der Waals surface area (Å²) in [5.74, 6) is -2.04. The number of hydrogen-bond donors (Lipinski definition) is 2. The van der Waals surface area contributed by atoms with E-state index in [0.29, 0.717) is 27.6 Å². The van der Waals surface area contributed by atoms with Gasteiger partial charge >= 0.3 is 17.8 Å². The summed E-state index contributed by atoms with van der Waals surface area (Å²) in [5.41, 5.74) is 4.47. The van der Waals surface area contributed by atoms with E-state index in [1.807, 2.05) is 19.1 Å². The molecule has 0 aliphatic rings. The molecule has 0 fully saturated rings. The van der Waals surface area contributed by atoms with Crippen molar-refractivity contribution in [3.63, 3.8) is 0 Å². The second-order valence-corrected chi connectivity index (χ2v) is 6.87. The molecule has 8 heteroatoms. The van der Waals surface area contributed by atoms with Gasteiger partial charge in [0.1, 0.15) is 5.75 Å². The highest BCUT2D eigenvalue weighted by atomic mass is 35.5. The van der Waals surface area contributed by atoms with Crippen molar-refractivity contribution in [2.24, 2.45) is 5.10 Å². The molecule has 0 heterocycles. The fraction of sp³-hybridized carbons (Fsp3) is 0.0435. The summed E-state index contributed by atoms with van der Waals surface area (Å²) in [6.07, 6.45) is 1.32. The molecular weight excluding hydrogens is 418 g/mol. The van der Waals surface area contributed by atoms with Gasteiger partial charge in [0.25, 0.3) is 0 Å². The lowest BCUT2D eigenvalue weighted by molar-refractivity contribution is -0.136. The van der Waals surface area contributed by atoms with Crippen molar-refractivity contribution in [2.75, 3.05) is 5.32 Å². The number of nitrogens with one attached hydrogen (secondary N) is 2. The third kappa shape index (κ3) is 6.25. The molecule has 31 heavy (non-hydrogen) atoms. The van der Waals surface area contributed by atoms with Crippen LogP contribution in [0.15, 0.2) is 77.9 Å². The van der Waals surface area contributed by atoms with Crippen molar-refractivity contribution in [3.8, 4) is 5.75 Å². The quantitative estimate of drug-likeness (QED) is 0.208. The van der Waals surface area contributed by atoms with Crippen LogP contribution in [0.25, 0.3) is 0 Å². The first kappa shape index (κ1) is 21.7. The van der Waals surface area contributed by atoms with Gasteiger partial charge in [0.2, 0.25) is 0 Å². The summed E-state index contributed by atoms with van der Waals surface area (Å²) in [4.78, 5) is 36.0. The maximum absolute atomic E-state index is 12.2. The number of para-hydroxylation sites is 1. The van der Waals surface area contributed by atoms with E-state index in [2.05, 4.69) is 15.8 Å². The van der Waals surface area contributed by atoms with Crippen molar-refractivity contribution < 1.29 is 19.1 Å². The van der Waals surface area contributed by atoms with E-state index in [4.69, 9.17) is 16.3 Å². The Balaban J connectivity index is 1.57. The molecule has 0 unspecified atom stereocenters. The maximum atomic E-state index is 12.2. The topological polar surface area (TPSA) is 96.9 Å². The number of aryl methyl sites for hydroxylation is 1. The Labute approximate surface area is 183 Å². The van der Waals surface area contributed by atoms with Crippen LogP contribution in [0.3, 0.4) is 0 Å². The van der Waals surface area contributed by atoms with Crippen LogP contribution < -0.4 is 15.5 Å². The molecule has 0 aromatic heterocycles. The zero-order valence-electron chi connectivity index (χ0n) is 16.5. The lowest BCUT2D eigenvalue weighted by atomic mass is 10.1. The minimum absolute atomic E-state index is 0.309. The lowest BCUT2D eigenvalue weighted by Gasteiger charge is -2.06. The molecule has 2 N–H and O–H groups in total. The molecule has 0 aliphatic carbocycles. The Kier molecular flexibility index (Phi) is 7.13. The Morgan fingerprint density at radius 2 is 1.68 bits per heavy atom. The molecule has 156 valence electrons. The first-order valence-electron chi connectivity index (χ1n) is 9.20. The minimum atomic E-state index is -0.960. The Morgan fingerprint density at radius 3 is 2.42 bits per heavy atom. The van der Waals surface area contributed by atoms with E-state index < -0.39 is 17.8 Å². The van der Waals surface area contributed by atoms with Crippen LogP contribution in [0.5, 0.6) is 5.75 Å². The average molecular weight is 436 g/mol. The molecule has 0 saturated carbocycles. The highest BCUT2D eigenvalue weighted by molar-refractivity contribution is 6.41. The van der Waals surface area contributed by atoms with Gasteiger partial charge < -0.3 is 10.1 Å². The van der Waals surface area contributed by atoms with Crippen molar-refractivity contribution in [3.05, 3.63) is 94.5 Å². The second kappa shape index (κ2) is 10.2. The first-order chi connectivity index (χ1) is 14.9. The predicted molar refractivity (Wildman–Crippen MR) is 118 cm³/mol. The third-order valence-electron chi connectivity index (χ3n) is 4.06. The molecule has 3 rings (SSSR count). The molecule has 0 atom stereocenters. The number of nitrogens with zero attached hydrogens (tertiary/aromatic N) is 1. The van der Waals surface area contributed by atoms with Gasteiger partial charge in [0.15, 0.2) is 0 Å². The number of amides is 2. The van der Waals surface area contributed by atoms with E-state index >= 15 is 0 Å². The first-order valence-corrected chi connectivity index (χ1v) is 9.58. The summed E-state index contributed by atoms with van der Waals surface area (Å²) in [7, 11) is 0. The molecule has 7 nitrogen and oxygen atoms in total. The van der Waals surface area contributed by atoms with Crippen LogP contribution in [-0.4, -0.2) is 24.0 Å². The van der Waals surface area contributed by atoms with Crippen LogP contribution in [-0.2, 0) is 9.59 Å². The Hall–Kier alpha value is -3.97. The van der Waals surface area contributed by atoms with Crippen LogP contribution >= 0.6 is 11.6 Å². The van der Waals surface area contributed by atoms with Crippen LogP contribution in [0.1, 0.15) is 21.5 Å². The van der Waals surface area contributed by atoms with Gasteiger partial charge in [-0.05, 0) is 48.9 Å². The number of ether oxygens (including phenoxy) is 1. The SMILES string of the molecule is Cc1ccc(C(=O)Oc2cccc(/C=N/NC(=O)C(=O)Nc3ccccc3Cl)c2)cc1. The lowest BCUT2D eigenvalue weighted by Crippen LogP contribution is -2.32. The van der Waals surface area contributed by atoms with E-state index in [1.54, 1.807) is 60.7 Å². The Morgan fingerprint density at radius 1 is 0.935 bits per heavy atom. The van der Waals surface area contributed by atoms with Gasteiger partial charge in [0, 0.05) is 0 Å². The van der Waals surface area contributed by atoms with Crippen molar-refractivity contribution in [1.82, 2.24) is 5.43 Å². The monoisotopic (exact) mass is 435 g/mol. The normalized spacial score (nSPS) is 10.5. The molecule has 0 aliphatic heterocycles. The van der Waals surface area contributed by atoms with E-state index in [9.17, 15) is 14.4 Å². The molecule has 0 radical (unpaired) electrons. The second-order valence-electron chi connectivity index (χ2n) is 6.46. The van der Waals surface area contributed by atoms with Gasteiger partial charge in [-0.3, -0.25) is 9.59 Å². The van der Waals surface area contributed by atoms with Crippen LogP contribution in [0.4, 0.5) is 5.69 Å². The maximum Gasteiger partial charge on any atom is 0.343 e. The summed E-state index contributed by atoms with van der Waals surface area (Å²) in [6.45, 7) is 1.93.